The van der Waals surface area contributed by atoms with E-state index in [1.54, 1.807) is 6.07 Å². The number of rotatable bonds is 3. The number of aryl methyl sites for hydroxylation is 1. The van der Waals surface area contributed by atoms with Crippen molar-refractivity contribution in [2.45, 2.75) is 6.92 Å². The van der Waals surface area contributed by atoms with Crippen LogP contribution in [0.15, 0.2) is 54.6 Å². The normalized spacial score (nSPS) is 14.4. The third kappa shape index (κ3) is 3.54. The average molecular weight is 453 g/mol. The van der Waals surface area contributed by atoms with Gasteiger partial charge in [-0.3, -0.25) is 4.79 Å². The summed E-state index contributed by atoms with van der Waals surface area (Å²) in [4.78, 5) is 18.8. The Balaban J connectivity index is 1.38. The van der Waals surface area contributed by atoms with Crippen molar-refractivity contribution in [3.8, 4) is 11.4 Å². The molecule has 6 nitrogen and oxygen atoms in total. The Morgan fingerprint density at radius 2 is 1.71 bits per heavy atom. The Morgan fingerprint density at radius 3 is 2.42 bits per heavy atom. The van der Waals surface area contributed by atoms with Gasteiger partial charge < -0.3 is 14.9 Å². The topological polar surface area (TPSA) is 61.6 Å². The number of anilines is 1. The van der Waals surface area contributed by atoms with Crippen LogP contribution in [0.3, 0.4) is 0 Å². The number of fused-ring (bicyclic) bond motifs is 1. The molecule has 1 amide bonds. The Bertz CT molecular complexity index is 1270. The van der Waals surface area contributed by atoms with Crippen molar-refractivity contribution in [2.75, 3.05) is 31.1 Å². The third-order valence-corrected chi connectivity index (χ3v) is 7.04. The number of carbonyl (C=O) groups excluding carboxylic acids is 1. The van der Waals surface area contributed by atoms with E-state index in [1.165, 1.54) is 11.3 Å². The molecule has 31 heavy (non-hydrogen) atoms. The fraction of sp³-hybridized carbons (Fsp3) is 0.217. The highest BCUT2D eigenvalue weighted by molar-refractivity contribution is 7.20. The van der Waals surface area contributed by atoms with E-state index in [9.17, 15) is 9.90 Å². The zero-order chi connectivity index (χ0) is 21.5. The summed E-state index contributed by atoms with van der Waals surface area (Å²) in [6.45, 7) is 4.52. The van der Waals surface area contributed by atoms with Crippen molar-refractivity contribution in [1.29, 1.82) is 0 Å². The molecule has 5 rings (SSSR count). The van der Waals surface area contributed by atoms with Gasteiger partial charge in [-0.15, -0.1) is 11.3 Å². The van der Waals surface area contributed by atoms with Crippen LogP contribution in [-0.4, -0.2) is 51.9 Å². The maximum Gasteiger partial charge on any atom is 0.264 e. The molecule has 1 aliphatic heterocycles. The van der Waals surface area contributed by atoms with Crippen molar-refractivity contribution in [1.82, 2.24) is 14.7 Å². The number of phenols is 1. The molecule has 0 aliphatic carbocycles. The van der Waals surface area contributed by atoms with Crippen molar-refractivity contribution in [3.63, 3.8) is 0 Å². The van der Waals surface area contributed by atoms with Gasteiger partial charge >= 0.3 is 0 Å². The Morgan fingerprint density at radius 1 is 1.03 bits per heavy atom. The van der Waals surface area contributed by atoms with Crippen LogP contribution in [0.4, 0.5) is 5.69 Å². The van der Waals surface area contributed by atoms with Crippen LogP contribution in [0.1, 0.15) is 15.4 Å². The van der Waals surface area contributed by atoms with E-state index >= 15 is 0 Å². The summed E-state index contributed by atoms with van der Waals surface area (Å²) in [6.07, 6.45) is 0. The van der Waals surface area contributed by atoms with E-state index in [2.05, 4.69) is 10.00 Å². The van der Waals surface area contributed by atoms with Crippen molar-refractivity contribution in [3.05, 3.63) is 70.2 Å². The molecule has 2 aromatic heterocycles. The molecule has 1 saturated heterocycles. The molecular formula is C23H21ClN4O2S. The SMILES string of the molecule is Cc1nn(-c2ccccc2Cl)c2sc(C(=O)N3CCN(c4ccccc4O)CC3)cc12. The molecule has 3 heterocycles. The van der Waals surface area contributed by atoms with Crippen molar-refractivity contribution < 1.29 is 9.90 Å². The zero-order valence-corrected chi connectivity index (χ0v) is 18.5. The first-order valence-electron chi connectivity index (χ1n) is 10.1. The predicted octanol–water partition coefficient (Wildman–Crippen LogP) is 4.72. The van der Waals surface area contributed by atoms with E-state index in [0.717, 1.165) is 27.3 Å². The first-order chi connectivity index (χ1) is 15.0. The number of carbonyl (C=O) groups is 1. The minimum Gasteiger partial charge on any atom is -0.506 e. The number of aromatic hydroxyl groups is 1. The van der Waals surface area contributed by atoms with E-state index in [0.29, 0.717) is 36.1 Å². The van der Waals surface area contributed by atoms with Gasteiger partial charge in [0.15, 0.2) is 0 Å². The summed E-state index contributed by atoms with van der Waals surface area (Å²) in [7, 11) is 0. The van der Waals surface area contributed by atoms with Crippen molar-refractivity contribution in [2.24, 2.45) is 0 Å². The third-order valence-electron chi connectivity index (χ3n) is 5.63. The van der Waals surface area contributed by atoms with Gasteiger partial charge in [0.2, 0.25) is 0 Å². The number of benzene rings is 2. The minimum absolute atomic E-state index is 0.0308. The second-order valence-corrected chi connectivity index (χ2v) is 8.98. The van der Waals surface area contributed by atoms with Crippen LogP contribution in [-0.2, 0) is 0 Å². The number of para-hydroxylation sites is 3. The lowest BCUT2D eigenvalue weighted by molar-refractivity contribution is 0.0751. The van der Waals surface area contributed by atoms with Crippen LogP contribution in [0.2, 0.25) is 5.02 Å². The van der Waals surface area contributed by atoms with Gasteiger partial charge in [-0.25, -0.2) is 4.68 Å². The molecule has 158 valence electrons. The molecular weight excluding hydrogens is 432 g/mol. The number of amides is 1. The molecule has 0 atom stereocenters. The summed E-state index contributed by atoms with van der Waals surface area (Å²) < 4.78 is 1.82. The number of nitrogens with zero attached hydrogens (tertiary/aromatic N) is 4. The molecule has 2 aromatic carbocycles. The summed E-state index contributed by atoms with van der Waals surface area (Å²) in [5.41, 5.74) is 2.49. The molecule has 4 aromatic rings. The highest BCUT2D eigenvalue weighted by Crippen LogP contribution is 2.33. The van der Waals surface area contributed by atoms with Gasteiger partial charge in [-0.1, -0.05) is 35.9 Å². The van der Waals surface area contributed by atoms with Gasteiger partial charge in [0.1, 0.15) is 10.6 Å². The van der Waals surface area contributed by atoms with Crippen LogP contribution in [0.5, 0.6) is 5.75 Å². The number of phenolic OH excluding ortho intramolecular Hbond substituents is 1. The summed E-state index contributed by atoms with van der Waals surface area (Å²) >= 11 is 7.83. The minimum atomic E-state index is 0.0308. The van der Waals surface area contributed by atoms with Gasteiger partial charge in [0, 0.05) is 31.6 Å². The monoisotopic (exact) mass is 452 g/mol. The van der Waals surface area contributed by atoms with E-state index in [-0.39, 0.29) is 11.7 Å². The molecule has 0 radical (unpaired) electrons. The standard InChI is InChI=1S/C23H21ClN4O2S/c1-15-16-14-21(31-23(16)28(25-15)18-7-3-2-6-17(18)24)22(30)27-12-10-26(11-13-27)19-8-4-5-9-20(19)29/h2-9,14,29H,10-13H2,1H3. The number of halogens is 1. The summed E-state index contributed by atoms with van der Waals surface area (Å²) in [5, 5.41) is 16.3. The molecule has 0 saturated carbocycles. The molecule has 0 bridgehead atoms. The summed E-state index contributed by atoms with van der Waals surface area (Å²) in [6, 6.07) is 16.8. The lowest BCUT2D eigenvalue weighted by Crippen LogP contribution is -2.48. The maximum absolute atomic E-state index is 13.2. The van der Waals surface area contributed by atoms with Crippen molar-refractivity contribution >= 4 is 44.7 Å². The van der Waals surface area contributed by atoms with E-state index < -0.39 is 0 Å². The second-order valence-electron chi connectivity index (χ2n) is 7.55. The fourth-order valence-electron chi connectivity index (χ4n) is 3.98. The van der Waals surface area contributed by atoms with Crippen LogP contribution < -0.4 is 4.90 Å². The van der Waals surface area contributed by atoms with E-state index in [1.807, 2.05) is 65.0 Å². The van der Waals surface area contributed by atoms with Gasteiger partial charge in [-0.2, -0.15) is 5.10 Å². The van der Waals surface area contributed by atoms with Gasteiger partial charge in [0.05, 0.1) is 27.0 Å². The first kappa shape index (κ1) is 19.9. The number of hydrogen-bond acceptors (Lipinski definition) is 5. The molecule has 0 spiro atoms. The fourth-order valence-corrected chi connectivity index (χ4v) is 5.34. The van der Waals surface area contributed by atoms with Crippen LogP contribution >= 0.6 is 22.9 Å². The lowest BCUT2D eigenvalue weighted by Gasteiger charge is -2.36. The highest BCUT2D eigenvalue weighted by Gasteiger charge is 2.26. The lowest BCUT2D eigenvalue weighted by atomic mass is 10.2. The molecule has 0 unspecified atom stereocenters. The first-order valence-corrected chi connectivity index (χ1v) is 11.3. The Labute approximate surface area is 188 Å². The van der Waals surface area contributed by atoms with Crippen LogP contribution in [0, 0.1) is 6.92 Å². The largest absolute Gasteiger partial charge is 0.506 e. The smallest absolute Gasteiger partial charge is 0.264 e. The van der Waals surface area contributed by atoms with Gasteiger partial charge in [-0.05, 0) is 37.3 Å². The number of aromatic nitrogens is 2. The maximum atomic E-state index is 13.2. The number of hydrogen-bond donors (Lipinski definition) is 1. The molecule has 1 N–H and O–H groups in total. The number of thiophene rings is 1. The quantitative estimate of drug-likeness (QED) is 0.488. The number of piperazine rings is 1. The zero-order valence-electron chi connectivity index (χ0n) is 17.0. The Hall–Kier alpha value is -3.03. The predicted molar refractivity (Wildman–Crippen MR) is 125 cm³/mol. The van der Waals surface area contributed by atoms with Crippen LogP contribution in [0.25, 0.3) is 15.9 Å². The van der Waals surface area contributed by atoms with Gasteiger partial charge in [0.25, 0.3) is 5.91 Å². The average Bonchev–Trinajstić information content (AvgIpc) is 3.35. The highest BCUT2D eigenvalue weighted by atomic mass is 35.5. The van der Waals surface area contributed by atoms with E-state index in [4.69, 9.17) is 11.6 Å². The Kier molecular flexibility index (Phi) is 5.08. The molecule has 8 heteroatoms. The molecule has 1 fully saturated rings. The molecule has 1 aliphatic rings. The second kappa shape index (κ2) is 7.90. The summed E-state index contributed by atoms with van der Waals surface area (Å²) in [5.74, 6) is 0.301.